The molecule has 1 atom stereocenters. The molecule has 18 heavy (non-hydrogen) atoms. The fourth-order valence-corrected chi connectivity index (χ4v) is 3.55. The zero-order chi connectivity index (χ0) is 13.3. The van der Waals surface area contributed by atoms with Crippen LogP contribution in [-0.2, 0) is 10.0 Å². The van der Waals surface area contributed by atoms with E-state index in [0.717, 1.165) is 0 Å². The van der Waals surface area contributed by atoms with Crippen LogP contribution in [0.25, 0.3) is 0 Å². The van der Waals surface area contributed by atoms with Gasteiger partial charge in [0.25, 0.3) is 0 Å². The van der Waals surface area contributed by atoms with E-state index in [4.69, 9.17) is 5.73 Å². The minimum Gasteiger partial charge on any atom is -0.326 e. The number of carbonyl (C=O) groups is 1. The van der Waals surface area contributed by atoms with Gasteiger partial charge in [-0.25, -0.2) is 8.42 Å². The Hall–Kier alpha value is -1.24. The number of sulfonamides is 1. The largest absolute Gasteiger partial charge is 0.326 e. The van der Waals surface area contributed by atoms with Gasteiger partial charge in [-0.05, 0) is 25.5 Å². The summed E-state index contributed by atoms with van der Waals surface area (Å²) in [6.45, 7) is 2.19. The van der Waals surface area contributed by atoms with Gasteiger partial charge in [0.2, 0.25) is 10.0 Å². The van der Waals surface area contributed by atoms with Gasteiger partial charge in [-0.3, -0.25) is 4.79 Å². The molecule has 5 nitrogen and oxygen atoms in total. The van der Waals surface area contributed by atoms with Gasteiger partial charge in [0, 0.05) is 24.7 Å². The van der Waals surface area contributed by atoms with Crippen molar-refractivity contribution in [2.45, 2.75) is 24.3 Å². The van der Waals surface area contributed by atoms with Crippen molar-refractivity contribution in [3.63, 3.8) is 0 Å². The Kier molecular flexibility index (Phi) is 3.52. The number of Topliss-reactive ketones (excluding diaryl/α,β-unsaturated/α-hetero) is 1. The van der Waals surface area contributed by atoms with Crippen molar-refractivity contribution >= 4 is 15.8 Å². The van der Waals surface area contributed by atoms with E-state index in [1.807, 2.05) is 0 Å². The minimum atomic E-state index is -3.53. The number of hydrogen-bond acceptors (Lipinski definition) is 4. The summed E-state index contributed by atoms with van der Waals surface area (Å²) in [5.74, 6) is -0.148. The monoisotopic (exact) mass is 268 g/mol. The molecule has 0 saturated carbocycles. The van der Waals surface area contributed by atoms with Gasteiger partial charge in [-0.2, -0.15) is 4.31 Å². The molecule has 0 spiro atoms. The molecule has 0 radical (unpaired) electrons. The lowest BCUT2D eigenvalue weighted by atomic mass is 10.2. The van der Waals surface area contributed by atoms with Gasteiger partial charge < -0.3 is 5.73 Å². The van der Waals surface area contributed by atoms with Crippen molar-refractivity contribution in [1.29, 1.82) is 0 Å². The number of hydrogen-bond donors (Lipinski definition) is 1. The molecule has 1 aromatic carbocycles. The Labute approximate surface area is 107 Å². The summed E-state index contributed by atoms with van der Waals surface area (Å²) in [6.07, 6.45) is 0.672. The summed E-state index contributed by atoms with van der Waals surface area (Å²) in [5.41, 5.74) is 6.12. The van der Waals surface area contributed by atoms with E-state index in [2.05, 4.69) is 0 Å². The van der Waals surface area contributed by atoms with Gasteiger partial charge in [-0.15, -0.1) is 0 Å². The standard InChI is InChI=1S/C12H16N2O3S/c1-9(15)10-3-2-4-12(7-10)18(16,17)14-6-5-11(13)8-14/h2-4,7,11H,5-6,8,13H2,1H3/t11-/m1/s1. The van der Waals surface area contributed by atoms with Crippen molar-refractivity contribution < 1.29 is 13.2 Å². The molecule has 2 N–H and O–H groups in total. The molecule has 1 aliphatic rings. The van der Waals surface area contributed by atoms with Crippen LogP contribution in [0.4, 0.5) is 0 Å². The highest BCUT2D eigenvalue weighted by Gasteiger charge is 2.31. The highest BCUT2D eigenvalue weighted by molar-refractivity contribution is 7.89. The average Bonchev–Trinajstić information content (AvgIpc) is 2.77. The van der Waals surface area contributed by atoms with Crippen molar-refractivity contribution in [1.82, 2.24) is 4.31 Å². The first-order valence-corrected chi connectivity index (χ1v) is 7.22. The number of nitrogens with zero attached hydrogens (tertiary/aromatic N) is 1. The maximum Gasteiger partial charge on any atom is 0.243 e. The van der Waals surface area contributed by atoms with E-state index >= 15 is 0 Å². The second-order valence-corrected chi connectivity index (χ2v) is 6.43. The Morgan fingerprint density at radius 3 is 2.72 bits per heavy atom. The summed E-state index contributed by atoms with van der Waals surface area (Å²) in [7, 11) is -3.53. The number of rotatable bonds is 3. The SMILES string of the molecule is CC(=O)c1cccc(S(=O)(=O)N2CC[C@@H](N)C2)c1. The van der Waals surface area contributed by atoms with Crippen LogP contribution in [0.1, 0.15) is 23.7 Å². The third kappa shape index (κ3) is 2.45. The van der Waals surface area contributed by atoms with E-state index in [9.17, 15) is 13.2 Å². The normalized spacial score (nSPS) is 21.1. The summed E-state index contributed by atoms with van der Waals surface area (Å²) in [5, 5.41) is 0. The zero-order valence-electron chi connectivity index (χ0n) is 10.2. The molecule has 1 aliphatic heterocycles. The molecule has 98 valence electrons. The molecule has 0 aliphatic carbocycles. The second kappa shape index (κ2) is 4.79. The Bertz CT molecular complexity index is 568. The van der Waals surface area contributed by atoms with E-state index in [1.54, 1.807) is 12.1 Å². The highest BCUT2D eigenvalue weighted by atomic mass is 32.2. The maximum atomic E-state index is 12.3. The highest BCUT2D eigenvalue weighted by Crippen LogP contribution is 2.21. The second-order valence-electron chi connectivity index (χ2n) is 4.50. The van der Waals surface area contributed by atoms with Crippen LogP contribution in [0, 0.1) is 0 Å². The van der Waals surface area contributed by atoms with Gasteiger partial charge in [0.1, 0.15) is 0 Å². The van der Waals surface area contributed by atoms with Crippen LogP contribution >= 0.6 is 0 Å². The molecule has 0 aromatic heterocycles. The molecular formula is C12H16N2O3S. The predicted molar refractivity (Wildman–Crippen MR) is 67.8 cm³/mol. The van der Waals surface area contributed by atoms with Gasteiger partial charge >= 0.3 is 0 Å². The lowest BCUT2D eigenvalue weighted by Crippen LogP contribution is -2.32. The van der Waals surface area contributed by atoms with E-state index in [0.29, 0.717) is 25.1 Å². The summed E-state index contributed by atoms with van der Waals surface area (Å²) >= 11 is 0. The first-order chi connectivity index (χ1) is 8.41. The molecule has 1 saturated heterocycles. The molecule has 6 heteroatoms. The molecular weight excluding hydrogens is 252 g/mol. The Morgan fingerprint density at radius 2 is 2.17 bits per heavy atom. The number of nitrogens with two attached hydrogens (primary N) is 1. The van der Waals surface area contributed by atoms with Crippen LogP contribution in [-0.4, -0.2) is 37.6 Å². The molecule has 2 rings (SSSR count). The van der Waals surface area contributed by atoms with Crippen LogP contribution in [0.5, 0.6) is 0 Å². The Balaban J connectivity index is 2.35. The van der Waals surface area contributed by atoms with Crippen LogP contribution in [0.3, 0.4) is 0 Å². The smallest absolute Gasteiger partial charge is 0.243 e. The van der Waals surface area contributed by atoms with E-state index < -0.39 is 10.0 Å². The summed E-state index contributed by atoms with van der Waals surface area (Å²) in [6, 6.07) is 6.01. The fourth-order valence-electron chi connectivity index (χ4n) is 2.00. The third-order valence-electron chi connectivity index (χ3n) is 3.07. The van der Waals surface area contributed by atoms with Crippen LogP contribution in [0.15, 0.2) is 29.2 Å². The average molecular weight is 268 g/mol. The Morgan fingerprint density at radius 1 is 1.44 bits per heavy atom. The first kappa shape index (κ1) is 13.2. The fraction of sp³-hybridized carbons (Fsp3) is 0.417. The minimum absolute atomic E-state index is 0.101. The molecule has 1 fully saturated rings. The van der Waals surface area contributed by atoms with E-state index in [-0.39, 0.29) is 16.7 Å². The summed E-state index contributed by atoms with van der Waals surface area (Å²) in [4.78, 5) is 11.4. The number of carbonyl (C=O) groups excluding carboxylic acids is 1. The van der Waals surface area contributed by atoms with Gasteiger partial charge in [0.15, 0.2) is 5.78 Å². The first-order valence-electron chi connectivity index (χ1n) is 5.78. The lowest BCUT2D eigenvalue weighted by Gasteiger charge is -2.16. The van der Waals surface area contributed by atoms with E-state index in [1.165, 1.54) is 23.4 Å². The predicted octanol–water partition coefficient (Wildman–Crippen LogP) is 0.611. The number of ketones is 1. The van der Waals surface area contributed by atoms with Crippen molar-refractivity contribution in [2.24, 2.45) is 5.73 Å². The summed E-state index contributed by atoms with van der Waals surface area (Å²) < 4.78 is 26.0. The zero-order valence-corrected chi connectivity index (χ0v) is 11.0. The van der Waals surface area contributed by atoms with Crippen LogP contribution in [0.2, 0.25) is 0 Å². The number of benzene rings is 1. The lowest BCUT2D eigenvalue weighted by molar-refractivity contribution is 0.101. The van der Waals surface area contributed by atoms with Crippen molar-refractivity contribution in [3.05, 3.63) is 29.8 Å². The van der Waals surface area contributed by atoms with Gasteiger partial charge in [0.05, 0.1) is 4.90 Å². The molecule has 1 aromatic rings. The van der Waals surface area contributed by atoms with Crippen LogP contribution < -0.4 is 5.73 Å². The molecule has 1 heterocycles. The maximum absolute atomic E-state index is 12.3. The van der Waals surface area contributed by atoms with Gasteiger partial charge in [-0.1, -0.05) is 12.1 Å². The molecule has 0 amide bonds. The molecule has 0 unspecified atom stereocenters. The van der Waals surface area contributed by atoms with Crippen molar-refractivity contribution in [2.75, 3.05) is 13.1 Å². The quantitative estimate of drug-likeness (QED) is 0.814. The van der Waals surface area contributed by atoms with Crippen molar-refractivity contribution in [3.8, 4) is 0 Å². The molecule has 0 bridgehead atoms. The topological polar surface area (TPSA) is 80.5 Å². The third-order valence-corrected chi connectivity index (χ3v) is 4.93.